The molecule has 0 bridgehead atoms. The summed E-state index contributed by atoms with van der Waals surface area (Å²) in [7, 11) is -3.36. The van der Waals surface area contributed by atoms with Crippen LogP contribution in [0.3, 0.4) is 0 Å². The van der Waals surface area contributed by atoms with E-state index in [2.05, 4.69) is 20.6 Å². The highest BCUT2D eigenvalue weighted by atomic mass is 32.3. The minimum atomic E-state index is -4.45. The third kappa shape index (κ3) is 6.66. The predicted molar refractivity (Wildman–Crippen MR) is 138 cm³/mol. The maximum absolute atomic E-state index is 12.8. The van der Waals surface area contributed by atoms with Gasteiger partial charge in [0.25, 0.3) is 0 Å². The number of hydrogen-bond donors (Lipinski definition) is 3. The number of anilines is 1. The van der Waals surface area contributed by atoms with Crippen molar-refractivity contribution in [3.8, 4) is 5.75 Å². The van der Waals surface area contributed by atoms with Gasteiger partial charge in [-0.05, 0) is 75.9 Å². The SMILES string of the molecule is CC(C)Oc1ccccc1N1CCN(C2CCC(NS(O)(O)c3ccc(C(F)(F)F)cc3)CC2)CC1. The first kappa shape index (κ1) is 27.1. The average Bonchev–Trinajstić information content (AvgIpc) is 2.84. The number of piperazine rings is 1. The quantitative estimate of drug-likeness (QED) is 0.396. The normalized spacial score (nSPS) is 22.6. The summed E-state index contributed by atoms with van der Waals surface area (Å²) in [5.74, 6) is 0.916. The van der Waals surface area contributed by atoms with Gasteiger partial charge in [0.05, 0.1) is 22.3 Å². The largest absolute Gasteiger partial charge is 0.489 e. The molecule has 0 radical (unpaired) electrons. The topological polar surface area (TPSA) is 68.2 Å². The predicted octanol–water partition coefficient (Wildman–Crippen LogP) is 6.24. The molecule has 4 rings (SSSR count). The second kappa shape index (κ2) is 11.2. The zero-order valence-corrected chi connectivity index (χ0v) is 21.6. The molecule has 200 valence electrons. The molecule has 2 fully saturated rings. The van der Waals surface area contributed by atoms with Crippen molar-refractivity contribution in [3.05, 3.63) is 54.1 Å². The summed E-state index contributed by atoms with van der Waals surface area (Å²) in [6.45, 7) is 7.82. The number of benzene rings is 2. The molecule has 1 heterocycles. The Labute approximate surface area is 212 Å². The van der Waals surface area contributed by atoms with Crippen molar-refractivity contribution in [3.63, 3.8) is 0 Å². The smallest absolute Gasteiger partial charge is 0.416 e. The van der Waals surface area contributed by atoms with E-state index in [0.29, 0.717) is 6.04 Å². The molecule has 3 N–H and O–H groups in total. The summed E-state index contributed by atoms with van der Waals surface area (Å²) in [4.78, 5) is 4.98. The van der Waals surface area contributed by atoms with Crippen molar-refractivity contribution < 1.29 is 27.0 Å². The van der Waals surface area contributed by atoms with Crippen LogP contribution in [0.15, 0.2) is 53.4 Å². The molecular weight excluding hydrogens is 491 g/mol. The van der Waals surface area contributed by atoms with Crippen LogP contribution in [-0.4, -0.2) is 58.4 Å². The fourth-order valence-corrected chi connectivity index (χ4v) is 6.45. The lowest BCUT2D eigenvalue weighted by Gasteiger charge is -2.44. The van der Waals surface area contributed by atoms with Crippen molar-refractivity contribution in [1.29, 1.82) is 0 Å². The number of para-hydroxylation sites is 2. The molecule has 2 aromatic rings. The molecule has 2 aromatic carbocycles. The first-order chi connectivity index (χ1) is 17.0. The summed E-state index contributed by atoms with van der Waals surface area (Å²) in [6, 6.07) is 12.6. The zero-order chi connectivity index (χ0) is 25.9. The maximum atomic E-state index is 12.8. The molecule has 1 saturated heterocycles. The van der Waals surface area contributed by atoms with Crippen LogP contribution in [0.5, 0.6) is 5.75 Å². The fourth-order valence-electron chi connectivity index (χ4n) is 5.09. The standard InChI is InChI=1S/C26H36F3N3O3S/c1-19(2)35-25-6-4-3-5-24(25)32-17-15-31(16-18-32)22-11-9-21(10-12-22)30-36(33,34)23-13-7-20(8-14-23)26(27,28)29/h3-8,13-14,19,21-22,30,33-34H,9-12,15-18H2,1-2H3. The van der Waals surface area contributed by atoms with E-state index in [9.17, 15) is 22.3 Å². The monoisotopic (exact) mass is 527 g/mol. The Bertz CT molecular complexity index is 988. The lowest BCUT2D eigenvalue weighted by molar-refractivity contribution is -0.137. The molecule has 0 spiro atoms. The van der Waals surface area contributed by atoms with Crippen molar-refractivity contribution in [2.24, 2.45) is 0 Å². The second-order valence-corrected chi connectivity index (χ2v) is 11.7. The van der Waals surface area contributed by atoms with Gasteiger partial charge in [-0.2, -0.15) is 13.2 Å². The number of ether oxygens (including phenoxy) is 1. The van der Waals surface area contributed by atoms with Crippen molar-refractivity contribution >= 4 is 16.5 Å². The zero-order valence-electron chi connectivity index (χ0n) is 20.7. The third-order valence-electron chi connectivity index (χ3n) is 6.94. The number of nitrogens with zero attached hydrogens (tertiary/aromatic N) is 2. The van der Waals surface area contributed by atoms with Gasteiger partial charge in [0, 0.05) is 38.3 Å². The van der Waals surface area contributed by atoms with Gasteiger partial charge in [0.2, 0.25) is 0 Å². The number of nitrogens with one attached hydrogen (secondary N) is 1. The maximum Gasteiger partial charge on any atom is 0.416 e. The minimum absolute atomic E-state index is 0.0791. The van der Waals surface area contributed by atoms with Crippen LogP contribution < -0.4 is 14.4 Å². The Balaban J connectivity index is 1.27. The molecule has 36 heavy (non-hydrogen) atoms. The van der Waals surface area contributed by atoms with Gasteiger partial charge in [-0.25, -0.2) is 4.72 Å². The van der Waals surface area contributed by atoms with Gasteiger partial charge in [0.15, 0.2) is 0 Å². The Kier molecular flexibility index (Phi) is 8.41. The van der Waals surface area contributed by atoms with E-state index >= 15 is 0 Å². The molecule has 0 aromatic heterocycles. The lowest BCUT2D eigenvalue weighted by atomic mass is 9.90. The van der Waals surface area contributed by atoms with Crippen LogP contribution >= 0.6 is 10.8 Å². The molecule has 1 aliphatic carbocycles. The van der Waals surface area contributed by atoms with Crippen molar-refractivity contribution in [1.82, 2.24) is 9.62 Å². The molecule has 2 aliphatic rings. The first-order valence-corrected chi connectivity index (χ1v) is 14.0. The molecule has 1 saturated carbocycles. The van der Waals surface area contributed by atoms with Gasteiger partial charge >= 0.3 is 6.18 Å². The summed E-state index contributed by atoms with van der Waals surface area (Å²) in [5, 5.41) is 0. The average molecular weight is 528 g/mol. The highest BCUT2D eigenvalue weighted by Gasteiger charge is 2.33. The van der Waals surface area contributed by atoms with E-state index in [-0.39, 0.29) is 17.0 Å². The van der Waals surface area contributed by atoms with E-state index in [1.165, 1.54) is 0 Å². The molecule has 0 amide bonds. The highest BCUT2D eigenvalue weighted by molar-refractivity contribution is 8.22. The van der Waals surface area contributed by atoms with E-state index < -0.39 is 22.5 Å². The van der Waals surface area contributed by atoms with Crippen LogP contribution in [-0.2, 0) is 6.18 Å². The second-order valence-electron chi connectivity index (χ2n) is 9.85. The van der Waals surface area contributed by atoms with Crippen molar-refractivity contribution in [2.75, 3.05) is 31.1 Å². The van der Waals surface area contributed by atoms with E-state index in [1.54, 1.807) is 0 Å². The first-order valence-electron chi connectivity index (χ1n) is 12.5. The number of alkyl halides is 3. The third-order valence-corrected chi connectivity index (χ3v) is 8.53. The number of rotatable bonds is 7. The Morgan fingerprint density at radius 2 is 1.53 bits per heavy atom. The Hall–Kier alpha value is -1.98. The van der Waals surface area contributed by atoms with Gasteiger partial charge in [-0.15, -0.1) is 10.8 Å². The Morgan fingerprint density at radius 3 is 2.11 bits per heavy atom. The Morgan fingerprint density at radius 1 is 0.917 bits per heavy atom. The van der Waals surface area contributed by atoms with Gasteiger partial charge in [-0.3, -0.25) is 14.0 Å². The highest BCUT2D eigenvalue weighted by Crippen LogP contribution is 2.46. The summed E-state index contributed by atoms with van der Waals surface area (Å²) in [5.41, 5.74) is 0.324. The minimum Gasteiger partial charge on any atom is -0.489 e. The molecule has 1 aliphatic heterocycles. The molecule has 10 heteroatoms. The van der Waals surface area contributed by atoms with Crippen LogP contribution in [0, 0.1) is 0 Å². The van der Waals surface area contributed by atoms with Gasteiger partial charge in [-0.1, -0.05) is 12.1 Å². The van der Waals surface area contributed by atoms with Crippen LogP contribution in [0.1, 0.15) is 45.1 Å². The molecular formula is C26H36F3N3O3S. The lowest BCUT2D eigenvalue weighted by Crippen LogP contribution is -2.52. The van der Waals surface area contributed by atoms with E-state index in [1.807, 2.05) is 32.0 Å². The number of halogens is 3. The van der Waals surface area contributed by atoms with E-state index in [4.69, 9.17) is 4.74 Å². The van der Waals surface area contributed by atoms with E-state index in [0.717, 1.165) is 87.6 Å². The number of hydrogen-bond acceptors (Lipinski definition) is 6. The van der Waals surface area contributed by atoms with Crippen LogP contribution in [0.4, 0.5) is 18.9 Å². The summed E-state index contributed by atoms with van der Waals surface area (Å²) < 4.78 is 68.5. The fraction of sp³-hybridized carbons (Fsp3) is 0.538. The van der Waals surface area contributed by atoms with Crippen molar-refractivity contribution in [2.45, 2.75) is 68.8 Å². The summed E-state index contributed by atoms with van der Waals surface area (Å²) >= 11 is 0. The van der Waals surface area contributed by atoms with Gasteiger partial charge in [0.1, 0.15) is 5.75 Å². The van der Waals surface area contributed by atoms with Gasteiger partial charge < -0.3 is 9.64 Å². The molecule has 0 unspecified atom stereocenters. The van der Waals surface area contributed by atoms with Crippen LogP contribution in [0.2, 0.25) is 0 Å². The summed E-state index contributed by atoms with van der Waals surface area (Å²) in [6.07, 6.45) is -0.891. The molecule has 6 nitrogen and oxygen atoms in total. The molecule has 0 atom stereocenters. The van der Waals surface area contributed by atoms with Crippen LogP contribution in [0.25, 0.3) is 0 Å².